The Morgan fingerprint density at radius 2 is 1.91 bits per heavy atom. The highest BCUT2D eigenvalue weighted by molar-refractivity contribution is 7.89. The molecule has 0 bridgehead atoms. The van der Waals surface area contributed by atoms with Gasteiger partial charge in [0, 0.05) is 63.6 Å². The summed E-state index contributed by atoms with van der Waals surface area (Å²) < 4.78 is 42.2. The summed E-state index contributed by atoms with van der Waals surface area (Å²) in [6.45, 7) is 16.0. The van der Waals surface area contributed by atoms with E-state index in [0.29, 0.717) is 43.3 Å². The summed E-state index contributed by atoms with van der Waals surface area (Å²) in [4.78, 5) is 24.0. The minimum absolute atomic E-state index is 0.0132. The van der Waals surface area contributed by atoms with Gasteiger partial charge in [-0.1, -0.05) is 19.6 Å². The summed E-state index contributed by atoms with van der Waals surface area (Å²) in [5.74, 6) is -0.0132. The van der Waals surface area contributed by atoms with Crippen molar-refractivity contribution >= 4 is 35.2 Å². The van der Waals surface area contributed by atoms with Gasteiger partial charge in [0.15, 0.2) is 0 Å². The summed E-state index contributed by atoms with van der Waals surface area (Å²) in [6, 6.07) is 5.27. The standard InChI is InChI=1S/C30H44N8O5SSi/c1-8-44(40,41)37-18-30(19-37,11-12-31)38-24-10-14-35(28(39)43-29(2,3)4)17-23(24)26(34-38)25-22-9-13-36(27(22)33-20-32-25)21-42-15-16-45(5,6)7/h9,13,20H,8,10-11,14-19,21H2,1-7H3. The molecule has 45 heavy (non-hydrogen) atoms. The molecule has 13 nitrogen and oxygen atoms in total. The van der Waals surface area contributed by atoms with Gasteiger partial charge in [0.1, 0.15) is 41.2 Å². The molecule has 0 atom stereocenters. The lowest BCUT2D eigenvalue weighted by atomic mass is 9.88. The van der Waals surface area contributed by atoms with E-state index in [1.54, 1.807) is 11.8 Å². The van der Waals surface area contributed by atoms with E-state index in [9.17, 15) is 18.5 Å². The molecule has 3 aromatic rings. The molecule has 0 N–H and O–H groups in total. The highest BCUT2D eigenvalue weighted by atomic mass is 32.2. The van der Waals surface area contributed by atoms with Crippen molar-refractivity contribution < 1.29 is 22.7 Å². The number of hydrogen-bond acceptors (Lipinski definition) is 9. The fraction of sp³-hybridized carbons (Fsp3) is 0.633. The van der Waals surface area contributed by atoms with Crippen molar-refractivity contribution in [3.05, 3.63) is 29.8 Å². The molecule has 2 aliphatic heterocycles. The van der Waals surface area contributed by atoms with Gasteiger partial charge in [-0.3, -0.25) is 4.68 Å². The zero-order valence-corrected chi connectivity index (χ0v) is 29.1. The summed E-state index contributed by atoms with van der Waals surface area (Å²) in [6.07, 6.45) is 3.56. The second-order valence-electron chi connectivity index (χ2n) is 14.2. The van der Waals surface area contributed by atoms with Crippen molar-refractivity contribution in [1.29, 1.82) is 5.26 Å². The van der Waals surface area contributed by atoms with E-state index in [2.05, 4.69) is 35.7 Å². The van der Waals surface area contributed by atoms with Gasteiger partial charge >= 0.3 is 6.09 Å². The summed E-state index contributed by atoms with van der Waals surface area (Å²) in [5, 5.41) is 15.7. The molecule has 0 saturated carbocycles. The molecule has 0 unspecified atom stereocenters. The summed E-state index contributed by atoms with van der Waals surface area (Å²) in [5.41, 5.74) is 2.08. The van der Waals surface area contributed by atoms with E-state index in [-0.39, 0.29) is 31.8 Å². The highest BCUT2D eigenvalue weighted by Crippen LogP contribution is 2.41. The molecular formula is C30H44N8O5SSi. The van der Waals surface area contributed by atoms with Gasteiger partial charge in [0.05, 0.1) is 24.8 Å². The first-order valence-electron chi connectivity index (χ1n) is 15.4. The molecule has 1 fully saturated rings. The number of hydrogen-bond donors (Lipinski definition) is 0. The predicted octanol–water partition coefficient (Wildman–Crippen LogP) is 4.17. The minimum atomic E-state index is -3.43. The number of rotatable bonds is 10. The molecule has 0 radical (unpaired) electrons. The number of nitriles is 1. The fourth-order valence-electron chi connectivity index (χ4n) is 5.78. The van der Waals surface area contributed by atoms with Gasteiger partial charge in [-0.05, 0) is 39.8 Å². The van der Waals surface area contributed by atoms with Crippen molar-refractivity contribution in [1.82, 2.24) is 33.5 Å². The largest absolute Gasteiger partial charge is 0.444 e. The SMILES string of the molecule is CCS(=O)(=O)N1CC(CC#N)(n2nc(-c3ncnc4c3ccn4COCC[Si](C)(C)C)c3c2CCN(C(=O)OC(C)(C)C)C3)C1. The number of sulfonamides is 1. The molecule has 3 aromatic heterocycles. The first-order valence-corrected chi connectivity index (χ1v) is 20.7. The van der Waals surface area contributed by atoms with Crippen LogP contribution in [0, 0.1) is 11.3 Å². The first-order chi connectivity index (χ1) is 21.1. The van der Waals surface area contributed by atoms with Crippen molar-refractivity contribution in [2.45, 2.75) is 90.6 Å². The van der Waals surface area contributed by atoms with Crippen LogP contribution in [0.4, 0.5) is 4.79 Å². The second-order valence-corrected chi connectivity index (χ2v) is 22.0. The number of nitrogens with zero attached hydrogens (tertiary/aromatic N) is 8. The zero-order valence-electron chi connectivity index (χ0n) is 27.3. The van der Waals surface area contributed by atoms with E-state index in [1.165, 1.54) is 10.6 Å². The van der Waals surface area contributed by atoms with Crippen LogP contribution in [0.2, 0.25) is 25.7 Å². The third-order valence-corrected chi connectivity index (χ3v) is 11.8. The molecule has 0 aliphatic carbocycles. The second kappa shape index (κ2) is 12.1. The van der Waals surface area contributed by atoms with Crippen LogP contribution in [-0.4, -0.2) is 93.7 Å². The van der Waals surface area contributed by atoms with Crippen LogP contribution in [0.25, 0.3) is 22.4 Å². The number of amides is 1. The van der Waals surface area contributed by atoms with Crippen LogP contribution in [0.5, 0.6) is 0 Å². The summed E-state index contributed by atoms with van der Waals surface area (Å²) in [7, 11) is -4.65. The first kappa shape index (κ1) is 33.1. The van der Waals surface area contributed by atoms with Crippen LogP contribution in [-0.2, 0) is 44.7 Å². The average molecular weight is 657 g/mol. The van der Waals surface area contributed by atoms with E-state index in [1.807, 2.05) is 42.3 Å². The molecule has 244 valence electrons. The van der Waals surface area contributed by atoms with Gasteiger partial charge in [0.2, 0.25) is 10.0 Å². The Morgan fingerprint density at radius 3 is 2.56 bits per heavy atom. The summed E-state index contributed by atoms with van der Waals surface area (Å²) >= 11 is 0. The van der Waals surface area contributed by atoms with Crippen LogP contribution in [0.3, 0.4) is 0 Å². The monoisotopic (exact) mass is 656 g/mol. The number of carbonyl (C=O) groups excluding carboxylic acids is 1. The topological polar surface area (TPSA) is 148 Å². The molecule has 1 amide bonds. The lowest BCUT2D eigenvalue weighted by Crippen LogP contribution is -2.65. The number of fused-ring (bicyclic) bond motifs is 2. The maximum atomic E-state index is 13.2. The molecule has 1 saturated heterocycles. The maximum Gasteiger partial charge on any atom is 0.410 e. The Hall–Kier alpha value is -3.32. The van der Waals surface area contributed by atoms with E-state index in [4.69, 9.17) is 14.6 Å². The third kappa shape index (κ3) is 6.79. The molecule has 0 spiro atoms. The molecule has 5 heterocycles. The van der Waals surface area contributed by atoms with Gasteiger partial charge in [-0.2, -0.15) is 14.7 Å². The molecule has 0 aromatic carbocycles. The smallest absolute Gasteiger partial charge is 0.410 e. The van der Waals surface area contributed by atoms with Crippen molar-refractivity contribution in [3.8, 4) is 17.5 Å². The van der Waals surface area contributed by atoms with Crippen molar-refractivity contribution in [2.75, 3.05) is 32.0 Å². The Bertz CT molecular complexity index is 1730. The van der Waals surface area contributed by atoms with Gasteiger partial charge < -0.3 is 18.9 Å². The van der Waals surface area contributed by atoms with Crippen molar-refractivity contribution in [2.24, 2.45) is 0 Å². The fourth-order valence-corrected chi connectivity index (χ4v) is 7.77. The van der Waals surface area contributed by atoms with Crippen LogP contribution < -0.4 is 0 Å². The average Bonchev–Trinajstić information content (AvgIpc) is 3.53. The van der Waals surface area contributed by atoms with Gasteiger partial charge in [0.25, 0.3) is 0 Å². The molecule has 15 heteroatoms. The van der Waals surface area contributed by atoms with Gasteiger partial charge in [-0.15, -0.1) is 0 Å². The molecule has 2 aliphatic rings. The highest BCUT2D eigenvalue weighted by Gasteiger charge is 2.51. The lowest BCUT2D eigenvalue weighted by Gasteiger charge is -2.48. The van der Waals surface area contributed by atoms with Crippen LogP contribution in [0.1, 0.15) is 45.4 Å². The van der Waals surface area contributed by atoms with Crippen LogP contribution >= 0.6 is 0 Å². The molecule has 5 rings (SSSR count). The quantitative estimate of drug-likeness (QED) is 0.232. The predicted molar refractivity (Wildman–Crippen MR) is 172 cm³/mol. The normalized spacial score (nSPS) is 17.2. The third-order valence-electron chi connectivity index (χ3n) is 8.27. The lowest BCUT2D eigenvalue weighted by molar-refractivity contribution is 0.0215. The minimum Gasteiger partial charge on any atom is -0.444 e. The number of carbonyl (C=O) groups is 1. The maximum absolute atomic E-state index is 13.2. The Morgan fingerprint density at radius 1 is 1.18 bits per heavy atom. The zero-order chi connectivity index (χ0) is 32.8. The van der Waals surface area contributed by atoms with Crippen molar-refractivity contribution in [3.63, 3.8) is 0 Å². The van der Waals surface area contributed by atoms with E-state index < -0.39 is 35.3 Å². The molecular weight excluding hydrogens is 613 g/mol. The van der Waals surface area contributed by atoms with Crippen LogP contribution in [0.15, 0.2) is 18.6 Å². The van der Waals surface area contributed by atoms with E-state index >= 15 is 0 Å². The Kier molecular flexibility index (Phi) is 8.90. The number of aromatic nitrogens is 5. The van der Waals surface area contributed by atoms with Gasteiger partial charge in [-0.25, -0.2) is 23.2 Å². The number of ether oxygens (including phenoxy) is 2. The van der Waals surface area contributed by atoms with E-state index in [0.717, 1.165) is 22.7 Å². The Balaban J connectivity index is 1.56. The Labute approximate surface area is 266 Å².